The second-order valence-electron chi connectivity index (χ2n) is 6.08. The largest absolute Gasteiger partial charge is 0.369 e. The molecule has 104 valence electrons. The van der Waals surface area contributed by atoms with Gasteiger partial charge in [0.25, 0.3) is 0 Å². The lowest BCUT2D eigenvalue weighted by molar-refractivity contribution is 0.431. The summed E-state index contributed by atoms with van der Waals surface area (Å²) in [5.41, 5.74) is 1.83. The second kappa shape index (κ2) is 5.12. The highest BCUT2D eigenvalue weighted by Crippen LogP contribution is 2.33. The fraction of sp³-hybridized carbons (Fsp3) is 0.625. The second-order valence-corrected chi connectivity index (χ2v) is 6.08. The highest BCUT2D eigenvalue weighted by Gasteiger charge is 2.30. The first-order chi connectivity index (χ1) is 9.19. The first-order valence-electron chi connectivity index (χ1n) is 7.49. The molecule has 0 spiro atoms. The van der Waals surface area contributed by atoms with Gasteiger partial charge in [0.1, 0.15) is 5.82 Å². The van der Waals surface area contributed by atoms with Crippen molar-refractivity contribution in [3.05, 3.63) is 29.6 Å². The Kier molecular flexibility index (Phi) is 3.48. The van der Waals surface area contributed by atoms with Crippen LogP contribution >= 0.6 is 0 Å². The van der Waals surface area contributed by atoms with Gasteiger partial charge in [0, 0.05) is 18.6 Å². The van der Waals surface area contributed by atoms with Crippen molar-refractivity contribution >= 4 is 5.69 Å². The number of nitrogens with one attached hydrogen (secondary N) is 1. The van der Waals surface area contributed by atoms with E-state index in [9.17, 15) is 4.39 Å². The normalized spacial score (nSPS) is 27.8. The highest BCUT2D eigenvalue weighted by atomic mass is 19.1. The molecule has 0 aromatic heterocycles. The molecule has 3 rings (SSSR count). The standard InChI is InChI=1S/C16H23FN2/c1-16(8-5-9-18-16)13-6-7-15(14(17)12-13)19-10-3-2-4-11-19/h6-7,12,18H,2-5,8-11H2,1H3. The van der Waals surface area contributed by atoms with E-state index >= 15 is 0 Å². The Hall–Kier alpha value is -1.09. The predicted molar refractivity (Wildman–Crippen MR) is 77.1 cm³/mol. The molecule has 1 N–H and O–H groups in total. The van der Waals surface area contributed by atoms with Crippen molar-refractivity contribution in [2.75, 3.05) is 24.5 Å². The summed E-state index contributed by atoms with van der Waals surface area (Å²) >= 11 is 0. The molecule has 19 heavy (non-hydrogen) atoms. The predicted octanol–water partition coefficient (Wildman–Crippen LogP) is 3.41. The molecule has 0 saturated carbocycles. The topological polar surface area (TPSA) is 15.3 Å². The summed E-state index contributed by atoms with van der Waals surface area (Å²) in [5.74, 6) is -0.0608. The maximum absolute atomic E-state index is 14.4. The van der Waals surface area contributed by atoms with E-state index in [1.54, 1.807) is 6.07 Å². The van der Waals surface area contributed by atoms with Gasteiger partial charge in [-0.15, -0.1) is 0 Å². The van der Waals surface area contributed by atoms with E-state index in [0.29, 0.717) is 0 Å². The molecule has 2 aliphatic rings. The zero-order chi connectivity index (χ0) is 13.3. The molecule has 2 saturated heterocycles. The van der Waals surface area contributed by atoms with E-state index in [2.05, 4.69) is 23.2 Å². The molecule has 0 aliphatic carbocycles. The molecule has 2 fully saturated rings. The van der Waals surface area contributed by atoms with Crippen molar-refractivity contribution in [2.24, 2.45) is 0 Å². The summed E-state index contributed by atoms with van der Waals surface area (Å²) in [4.78, 5) is 2.19. The van der Waals surface area contributed by atoms with Crippen LogP contribution in [0.1, 0.15) is 44.6 Å². The Morgan fingerprint density at radius 2 is 1.95 bits per heavy atom. The van der Waals surface area contributed by atoms with Crippen LogP contribution in [0.3, 0.4) is 0 Å². The summed E-state index contributed by atoms with van der Waals surface area (Å²) in [7, 11) is 0. The van der Waals surface area contributed by atoms with Gasteiger partial charge in [-0.3, -0.25) is 0 Å². The van der Waals surface area contributed by atoms with E-state index in [0.717, 1.165) is 37.3 Å². The van der Waals surface area contributed by atoms with E-state index in [4.69, 9.17) is 0 Å². The van der Waals surface area contributed by atoms with Crippen LogP contribution in [-0.4, -0.2) is 19.6 Å². The van der Waals surface area contributed by atoms with Crippen molar-refractivity contribution in [2.45, 2.75) is 44.6 Å². The number of anilines is 1. The van der Waals surface area contributed by atoms with Crippen LogP contribution in [0.25, 0.3) is 0 Å². The Labute approximate surface area is 115 Å². The van der Waals surface area contributed by atoms with E-state index in [1.165, 1.54) is 25.7 Å². The summed E-state index contributed by atoms with van der Waals surface area (Å²) in [6.07, 6.45) is 5.90. The molecule has 1 atom stereocenters. The molecule has 3 heteroatoms. The van der Waals surface area contributed by atoms with Gasteiger partial charge in [-0.25, -0.2) is 4.39 Å². The summed E-state index contributed by atoms with van der Waals surface area (Å²) in [6, 6.07) is 5.81. The molecule has 1 aromatic rings. The lowest BCUT2D eigenvalue weighted by Crippen LogP contribution is -2.34. The number of rotatable bonds is 2. The third kappa shape index (κ3) is 2.48. The highest BCUT2D eigenvalue weighted by molar-refractivity contribution is 5.50. The zero-order valence-electron chi connectivity index (χ0n) is 11.7. The molecule has 1 unspecified atom stereocenters. The number of nitrogens with zero attached hydrogens (tertiary/aromatic N) is 1. The molecular weight excluding hydrogens is 239 g/mol. The summed E-state index contributed by atoms with van der Waals surface area (Å²) in [6.45, 7) is 5.19. The van der Waals surface area contributed by atoms with Gasteiger partial charge < -0.3 is 10.2 Å². The first kappa shape index (κ1) is 12.9. The fourth-order valence-electron chi connectivity index (χ4n) is 3.38. The molecule has 0 amide bonds. The van der Waals surface area contributed by atoms with E-state index in [1.807, 2.05) is 6.07 Å². The smallest absolute Gasteiger partial charge is 0.146 e. The third-order valence-electron chi connectivity index (χ3n) is 4.65. The minimum atomic E-state index is -0.0608. The summed E-state index contributed by atoms with van der Waals surface area (Å²) in [5, 5.41) is 3.50. The molecule has 2 nitrogen and oxygen atoms in total. The Bertz CT molecular complexity index is 446. The quantitative estimate of drug-likeness (QED) is 0.878. The molecule has 2 heterocycles. The van der Waals surface area contributed by atoms with E-state index < -0.39 is 0 Å². The third-order valence-corrected chi connectivity index (χ3v) is 4.65. The molecule has 1 aromatic carbocycles. The average Bonchev–Trinajstić information content (AvgIpc) is 2.88. The summed E-state index contributed by atoms with van der Waals surface area (Å²) < 4.78 is 14.4. The number of hydrogen-bond donors (Lipinski definition) is 1. The van der Waals surface area contributed by atoms with Crippen molar-refractivity contribution in [1.82, 2.24) is 5.32 Å². The van der Waals surface area contributed by atoms with Gasteiger partial charge in [-0.1, -0.05) is 6.07 Å². The number of benzene rings is 1. The van der Waals surface area contributed by atoms with Crippen molar-refractivity contribution in [3.8, 4) is 0 Å². The number of hydrogen-bond acceptors (Lipinski definition) is 2. The first-order valence-corrected chi connectivity index (χ1v) is 7.49. The molecule has 0 bridgehead atoms. The average molecular weight is 262 g/mol. The van der Waals surface area contributed by atoms with Gasteiger partial charge in [-0.2, -0.15) is 0 Å². The van der Waals surface area contributed by atoms with Crippen LogP contribution in [0.4, 0.5) is 10.1 Å². The van der Waals surface area contributed by atoms with Crippen LogP contribution in [0.15, 0.2) is 18.2 Å². The molecule has 2 aliphatic heterocycles. The van der Waals surface area contributed by atoms with Crippen LogP contribution < -0.4 is 10.2 Å². The van der Waals surface area contributed by atoms with E-state index in [-0.39, 0.29) is 11.4 Å². The SMILES string of the molecule is CC1(c2ccc(N3CCCCC3)c(F)c2)CCCN1. The Morgan fingerprint density at radius 1 is 1.16 bits per heavy atom. The number of halogens is 1. The van der Waals surface area contributed by atoms with Crippen molar-refractivity contribution in [3.63, 3.8) is 0 Å². The van der Waals surface area contributed by atoms with Gasteiger partial charge in [0.2, 0.25) is 0 Å². The van der Waals surface area contributed by atoms with Crippen molar-refractivity contribution < 1.29 is 4.39 Å². The lowest BCUT2D eigenvalue weighted by Gasteiger charge is -2.30. The minimum Gasteiger partial charge on any atom is -0.369 e. The zero-order valence-corrected chi connectivity index (χ0v) is 11.7. The molecular formula is C16H23FN2. The van der Waals surface area contributed by atoms with Gasteiger partial charge in [0.15, 0.2) is 0 Å². The number of piperidine rings is 1. The van der Waals surface area contributed by atoms with Gasteiger partial charge in [-0.05, 0) is 63.3 Å². The lowest BCUT2D eigenvalue weighted by atomic mass is 9.90. The van der Waals surface area contributed by atoms with Crippen LogP contribution in [0, 0.1) is 5.82 Å². The minimum absolute atomic E-state index is 0.0404. The fourth-order valence-corrected chi connectivity index (χ4v) is 3.38. The van der Waals surface area contributed by atoms with Crippen LogP contribution in [0.5, 0.6) is 0 Å². The van der Waals surface area contributed by atoms with Crippen LogP contribution in [-0.2, 0) is 5.54 Å². The maximum Gasteiger partial charge on any atom is 0.146 e. The Balaban J connectivity index is 1.85. The monoisotopic (exact) mass is 262 g/mol. The molecule has 0 radical (unpaired) electrons. The maximum atomic E-state index is 14.4. The Morgan fingerprint density at radius 3 is 2.58 bits per heavy atom. The van der Waals surface area contributed by atoms with Crippen molar-refractivity contribution in [1.29, 1.82) is 0 Å². The van der Waals surface area contributed by atoms with Gasteiger partial charge >= 0.3 is 0 Å². The van der Waals surface area contributed by atoms with Crippen LogP contribution in [0.2, 0.25) is 0 Å². The van der Waals surface area contributed by atoms with Gasteiger partial charge in [0.05, 0.1) is 5.69 Å².